The first-order chi connectivity index (χ1) is 7.82. The van der Waals surface area contributed by atoms with Gasteiger partial charge in [-0.25, -0.2) is 4.79 Å². The molecule has 1 aromatic rings. The molecule has 94 valence electrons. The molecule has 1 amide bonds. The fraction of sp³-hybridized carbons (Fsp3) is 0.300. The number of carbonyl (C=O) groups is 1. The van der Waals surface area contributed by atoms with Crippen molar-refractivity contribution in [1.82, 2.24) is 4.90 Å². The van der Waals surface area contributed by atoms with Crippen LogP contribution >= 0.6 is 0 Å². The molecule has 0 fully saturated rings. The molecule has 0 saturated carbocycles. The van der Waals surface area contributed by atoms with Crippen LogP contribution in [0.4, 0.5) is 18.0 Å². The molecular weight excluding hydrogens is 239 g/mol. The van der Waals surface area contributed by atoms with Crippen LogP contribution in [0, 0.1) is 0 Å². The third kappa shape index (κ3) is 3.63. The molecule has 0 aliphatic carbocycles. The van der Waals surface area contributed by atoms with Gasteiger partial charge in [0.2, 0.25) is 6.23 Å². The van der Waals surface area contributed by atoms with Crippen LogP contribution in [-0.2, 0) is 6.54 Å². The first-order valence-electron chi connectivity index (χ1n) is 4.60. The van der Waals surface area contributed by atoms with Crippen LogP contribution in [0.3, 0.4) is 0 Å². The summed E-state index contributed by atoms with van der Waals surface area (Å²) in [6, 6.07) is 7.72. The predicted molar refractivity (Wildman–Crippen MR) is 52.1 cm³/mol. The summed E-state index contributed by atoms with van der Waals surface area (Å²) in [6.45, 7) is -0.531. The molecule has 4 nitrogen and oxygen atoms in total. The number of alkyl halides is 3. The minimum atomic E-state index is -5.01. The van der Waals surface area contributed by atoms with Crippen molar-refractivity contribution in [2.45, 2.75) is 18.9 Å². The van der Waals surface area contributed by atoms with E-state index >= 15 is 0 Å². The van der Waals surface area contributed by atoms with Crippen LogP contribution < -0.4 is 0 Å². The molecule has 0 spiro atoms. The van der Waals surface area contributed by atoms with Gasteiger partial charge in [0.05, 0.1) is 6.54 Å². The summed E-state index contributed by atoms with van der Waals surface area (Å²) in [5.74, 6) is 0. The molecular formula is C10H10F3NO3. The zero-order chi connectivity index (χ0) is 13.1. The SMILES string of the molecule is O=C(O)N(Cc1ccccc1)C(O)C(F)(F)F. The summed E-state index contributed by atoms with van der Waals surface area (Å²) in [6.07, 6.45) is -9.87. The van der Waals surface area contributed by atoms with Crippen LogP contribution in [-0.4, -0.2) is 33.6 Å². The Morgan fingerprint density at radius 3 is 2.24 bits per heavy atom. The van der Waals surface area contributed by atoms with Crippen LogP contribution in [0.5, 0.6) is 0 Å². The number of benzene rings is 1. The largest absolute Gasteiger partial charge is 0.465 e. The topological polar surface area (TPSA) is 60.8 Å². The zero-order valence-corrected chi connectivity index (χ0v) is 8.55. The maximum atomic E-state index is 12.2. The average molecular weight is 249 g/mol. The highest BCUT2D eigenvalue weighted by molar-refractivity contribution is 5.65. The van der Waals surface area contributed by atoms with Crippen molar-refractivity contribution >= 4 is 6.09 Å². The first kappa shape index (κ1) is 13.3. The maximum Gasteiger partial charge on any atom is 0.433 e. The Morgan fingerprint density at radius 2 is 1.82 bits per heavy atom. The quantitative estimate of drug-likeness (QED) is 0.806. The summed E-state index contributed by atoms with van der Waals surface area (Å²) in [4.78, 5) is 10.6. The van der Waals surface area contributed by atoms with Gasteiger partial charge in [-0.3, -0.25) is 4.90 Å². The summed E-state index contributed by atoms with van der Waals surface area (Å²) in [5.41, 5.74) is 0.359. The fourth-order valence-electron chi connectivity index (χ4n) is 1.22. The molecule has 17 heavy (non-hydrogen) atoms. The summed E-state index contributed by atoms with van der Waals surface area (Å²) in [7, 11) is 0. The molecule has 0 heterocycles. The Morgan fingerprint density at radius 1 is 1.29 bits per heavy atom. The van der Waals surface area contributed by atoms with Gasteiger partial charge in [0.1, 0.15) is 0 Å². The van der Waals surface area contributed by atoms with E-state index in [1.165, 1.54) is 12.1 Å². The highest BCUT2D eigenvalue weighted by Crippen LogP contribution is 2.24. The Kier molecular flexibility index (Phi) is 3.95. The zero-order valence-electron chi connectivity index (χ0n) is 8.55. The van der Waals surface area contributed by atoms with E-state index in [-0.39, 0.29) is 4.90 Å². The molecule has 0 aromatic heterocycles. The smallest absolute Gasteiger partial charge is 0.433 e. The van der Waals surface area contributed by atoms with Gasteiger partial charge in [-0.2, -0.15) is 13.2 Å². The first-order valence-corrected chi connectivity index (χ1v) is 4.60. The van der Waals surface area contributed by atoms with Gasteiger partial charge in [-0.1, -0.05) is 30.3 Å². The number of aliphatic hydroxyl groups is 1. The Hall–Kier alpha value is -1.76. The number of aliphatic hydroxyl groups excluding tert-OH is 1. The second-order valence-corrected chi connectivity index (χ2v) is 3.31. The summed E-state index contributed by atoms with van der Waals surface area (Å²) < 4.78 is 36.6. The van der Waals surface area contributed by atoms with Crippen LogP contribution in [0.15, 0.2) is 30.3 Å². The van der Waals surface area contributed by atoms with Gasteiger partial charge >= 0.3 is 12.3 Å². The molecule has 1 atom stereocenters. The highest BCUT2D eigenvalue weighted by Gasteiger charge is 2.44. The Labute approximate surface area is 94.9 Å². The molecule has 7 heteroatoms. The molecule has 2 N–H and O–H groups in total. The molecule has 0 aliphatic heterocycles. The second kappa shape index (κ2) is 5.05. The minimum absolute atomic E-state index is 0.0741. The Bertz CT molecular complexity index is 380. The van der Waals surface area contributed by atoms with Crippen molar-refractivity contribution in [3.63, 3.8) is 0 Å². The molecule has 1 rings (SSSR count). The lowest BCUT2D eigenvalue weighted by Crippen LogP contribution is -2.47. The van der Waals surface area contributed by atoms with E-state index < -0.39 is 25.0 Å². The number of carboxylic acid groups (broad SMARTS) is 1. The Balaban J connectivity index is 2.85. The summed E-state index contributed by atoms with van der Waals surface area (Å²) in [5, 5.41) is 17.5. The summed E-state index contributed by atoms with van der Waals surface area (Å²) >= 11 is 0. The number of rotatable bonds is 3. The van der Waals surface area contributed by atoms with Gasteiger partial charge in [-0.05, 0) is 5.56 Å². The van der Waals surface area contributed by atoms with Crippen LogP contribution in [0.2, 0.25) is 0 Å². The van der Waals surface area contributed by atoms with Gasteiger partial charge in [0.25, 0.3) is 0 Å². The van der Waals surface area contributed by atoms with Crippen molar-refractivity contribution in [2.24, 2.45) is 0 Å². The third-order valence-electron chi connectivity index (χ3n) is 2.03. The van der Waals surface area contributed by atoms with Crippen LogP contribution in [0.1, 0.15) is 5.56 Å². The highest BCUT2D eigenvalue weighted by atomic mass is 19.4. The van der Waals surface area contributed by atoms with E-state index in [1.54, 1.807) is 18.2 Å². The fourth-order valence-corrected chi connectivity index (χ4v) is 1.22. The van der Waals surface area contributed by atoms with Crippen molar-refractivity contribution in [3.8, 4) is 0 Å². The van der Waals surface area contributed by atoms with Gasteiger partial charge in [-0.15, -0.1) is 0 Å². The standard InChI is InChI=1S/C10H10F3NO3/c11-10(12,13)8(15)14(9(16)17)6-7-4-2-1-3-5-7/h1-5,8,15H,6H2,(H,16,17). The van der Waals surface area contributed by atoms with Crippen molar-refractivity contribution in [2.75, 3.05) is 0 Å². The van der Waals surface area contributed by atoms with E-state index in [1.807, 2.05) is 0 Å². The van der Waals surface area contributed by atoms with E-state index in [0.29, 0.717) is 5.56 Å². The van der Waals surface area contributed by atoms with Gasteiger partial charge in [0, 0.05) is 0 Å². The van der Waals surface area contributed by atoms with E-state index in [9.17, 15) is 18.0 Å². The van der Waals surface area contributed by atoms with E-state index in [0.717, 1.165) is 0 Å². The normalized spacial score (nSPS) is 13.2. The van der Waals surface area contributed by atoms with Crippen molar-refractivity contribution < 1.29 is 28.2 Å². The van der Waals surface area contributed by atoms with Crippen LogP contribution in [0.25, 0.3) is 0 Å². The molecule has 0 bridgehead atoms. The lowest BCUT2D eigenvalue weighted by atomic mass is 10.2. The predicted octanol–water partition coefficient (Wildman–Crippen LogP) is 2.05. The number of halogens is 3. The molecule has 0 radical (unpaired) electrons. The molecule has 1 unspecified atom stereocenters. The number of nitrogens with zero attached hydrogens (tertiary/aromatic N) is 1. The second-order valence-electron chi connectivity index (χ2n) is 3.31. The lowest BCUT2D eigenvalue weighted by Gasteiger charge is -2.26. The molecule has 0 aliphatic rings. The lowest BCUT2D eigenvalue weighted by molar-refractivity contribution is -0.243. The number of amides is 1. The van der Waals surface area contributed by atoms with Crippen molar-refractivity contribution in [3.05, 3.63) is 35.9 Å². The van der Waals surface area contributed by atoms with Gasteiger partial charge < -0.3 is 10.2 Å². The van der Waals surface area contributed by atoms with E-state index in [4.69, 9.17) is 10.2 Å². The maximum absolute atomic E-state index is 12.2. The monoisotopic (exact) mass is 249 g/mol. The van der Waals surface area contributed by atoms with E-state index in [2.05, 4.69) is 0 Å². The van der Waals surface area contributed by atoms with Gasteiger partial charge in [0.15, 0.2) is 0 Å². The average Bonchev–Trinajstić information content (AvgIpc) is 2.24. The molecule has 0 saturated heterocycles. The molecule has 1 aromatic carbocycles. The number of hydrogen-bond acceptors (Lipinski definition) is 2. The number of hydrogen-bond donors (Lipinski definition) is 2. The minimum Gasteiger partial charge on any atom is -0.465 e. The van der Waals surface area contributed by atoms with Crippen molar-refractivity contribution in [1.29, 1.82) is 0 Å². The third-order valence-corrected chi connectivity index (χ3v) is 2.03.